The number of hydrogen-bond donors (Lipinski definition) is 1. The summed E-state index contributed by atoms with van der Waals surface area (Å²) in [6.45, 7) is 4.78. The first-order valence-corrected chi connectivity index (χ1v) is 3.24. The molecule has 0 bridgehead atoms. The van der Waals surface area contributed by atoms with Crippen LogP contribution in [-0.2, 0) is 4.74 Å². The van der Waals surface area contributed by atoms with Gasteiger partial charge in [0, 0.05) is 13.1 Å². The summed E-state index contributed by atoms with van der Waals surface area (Å²) in [5.74, 6) is 0. The third-order valence-corrected chi connectivity index (χ3v) is 1.58. The second kappa shape index (κ2) is 2.71. The summed E-state index contributed by atoms with van der Waals surface area (Å²) >= 11 is 4.17. The fourth-order valence-corrected chi connectivity index (χ4v) is 1.11. The molecule has 1 saturated heterocycles. The van der Waals surface area contributed by atoms with Crippen LogP contribution in [0.5, 0.6) is 0 Å². The number of hydrogen-bond acceptors (Lipinski definition) is 3. The Labute approximate surface area is 55.4 Å². The molecule has 1 aliphatic rings. The van der Waals surface area contributed by atoms with Crippen molar-refractivity contribution in [2.45, 2.75) is 13.0 Å². The van der Waals surface area contributed by atoms with Gasteiger partial charge in [-0.3, -0.25) is 0 Å². The molecule has 0 aromatic heterocycles. The largest absolute Gasteiger partial charge is 0.376 e. The zero-order chi connectivity index (χ0) is 5.98. The predicted octanol–water partition coefficient (Wildman–Crippen LogP) is 0.552. The van der Waals surface area contributed by atoms with Gasteiger partial charge >= 0.3 is 0 Å². The Morgan fingerprint density at radius 1 is 1.75 bits per heavy atom. The summed E-state index contributed by atoms with van der Waals surface area (Å²) in [6, 6.07) is 0. The van der Waals surface area contributed by atoms with Crippen LogP contribution in [0.25, 0.3) is 0 Å². The van der Waals surface area contributed by atoms with Crippen molar-refractivity contribution in [2.75, 3.05) is 19.7 Å². The first kappa shape index (κ1) is 6.39. The fraction of sp³-hybridized carbons (Fsp3) is 1.00. The third-order valence-electron chi connectivity index (χ3n) is 1.22. The smallest absolute Gasteiger partial charge is 0.0683 e. The lowest BCUT2D eigenvalue weighted by molar-refractivity contribution is 0.0141. The van der Waals surface area contributed by atoms with E-state index in [-0.39, 0.29) is 0 Å². The van der Waals surface area contributed by atoms with Crippen molar-refractivity contribution >= 4 is 12.8 Å². The van der Waals surface area contributed by atoms with Gasteiger partial charge in [-0.15, -0.1) is 0 Å². The highest BCUT2D eigenvalue weighted by molar-refractivity contribution is 7.77. The molecular weight excluding hydrogens is 122 g/mol. The van der Waals surface area contributed by atoms with Gasteiger partial charge in [-0.05, 0) is 6.92 Å². The van der Waals surface area contributed by atoms with Gasteiger partial charge in [0.15, 0.2) is 0 Å². The molecule has 0 amide bonds. The Balaban J connectivity index is 2.23. The molecule has 48 valence electrons. The number of rotatable bonds is 0. The van der Waals surface area contributed by atoms with E-state index >= 15 is 0 Å². The lowest BCUT2D eigenvalue weighted by atomic mass is 10.3. The second-order valence-electron chi connectivity index (χ2n) is 2.09. The molecule has 1 atom stereocenters. The third kappa shape index (κ3) is 1.65. The number of nitrogens with zero attached hydrogens (tertiary/aromatic N) is 1. The molecule has 1 unspecified atom stereocenters. The normalized spacial score (nSPS) is 33.0. The molecule has 1 aliphatic heterocycles. The molecule has 1 fully saturated rings. The Morgan fingerprint density at radius 2 is 2.50 bits per heavy atom. The van der Waals surface area contributed by atoms with Crippen LogP contribution in [0.1, 0.15) is 6.92 Å². The molecule has 8 heavy (non-hydrogen) atoms. The molecule has 0 aromatic carbocycles. The van der Waals surface area contributed by atoms with Crippen LogP contribution < -0.4 is 0 Å². The van der Waals surface area contributed by atoms with Gasteiger partial charge in [-0.1, -0.05) is 12.8 Å². The van der Waals surface area contributed by atoms with Crippen molar-refractivity contribution in [3.8, 4) is 0 Å². The Morgan fingerprint density at radius 3 is 2.88 bits per heavy atom. The first-order valence-electron chi connectivity index (χ1n) is 2.84. The standard InChI is InChI=1S/C5H11NOS/c1-5-4-6(8)2-3-7-5/h5,8H,2-4H2,1H3. The van der Waals surface area contributed by atoms with Crippen LogP contribution in [0, 0.1) is 0 Å². The molecule has 0 N–H and O–H groups in total. The molecule has 0 saturated carbocycles. The molecule has 0 radical (unpaired) electrons. The average molecular weight is 133 g/mol. The van der Waals surface area contributed by atoms with Crippen molar-refractivity contribution in [1.82, 2.24) is 4.31 Å². The maximum Gasteiger partial charge on any atom is 0.0683 e. The molecule has 1 heterocycles. The lowest BCUT2D eigenvalue weighted by Gasteiger charge is -2.26. The highest BCUT2D eigenvalue weighted by atomic mass is 32.1. The highest BCUT2D eigenvalue weighted by Crippen LogP contribution is 2.04. The van der Waals surface area contributed by atoms with Crippen LogP contribution >= 0.6 is 12.8 Å². The van der Waals surface area contributed by atoms with Crippen LogP contribution in [-0.4, -0.2) is 30.1 Å². The predicted molar refractivity (Wildman–Crippen MR) is 36.0 cm³/mol. The van der Waals surface area contributed by atoms with Gasteiger partial charge in [0.05, 0.1) is 12.7 Å². The van der Waals surface area contributed by atoms with E-state index in [1.807, 2.05) is 4.31 Å². The highest BCUT2D eigenvalue weighted by Gasteiger charge is 2.12. The zero-order valence-corrected chi connectivity index (χ0v) is 5.90. The summed E-state index contributed by atoms with van der Waals surface area (Å²) in [6.07, 6.45) is 0.362. The molecule has 3 heteroatoms. The van der Waals surface area contributed by atoms with Gasteiger partial charge < -0.3 is 4.74 Å². The molecule has 0 spiro atoms. The molecule has 0 aliphatic carbocycles. The second-order valence-corrected chi connectivity index (χ2v) is 2.66. The maximum atomic E-state index is 5.26. The maximum absolute atomic E-state index is 5.26. The quantitative estimate of drug-likeness (QED) is 0.484. The monoisotopic (exact) mass is 133 g/mol. The summed E-state index contributed by atoms with van der Waals surface area (Å²) in [5.41, 5.74) is 0. The van der Waals surface area contributed by atoms with Crippen LogP contribution in [0.3, 0.4) is 0 Å². The number of thiol groups is 1. The van der Waals surface area contributed by atoms with Crippen LogP contribution in [0.15, 0.2) is 0 Å². The molecule has 1 rings (SSSR count). The van der Waals surface area contributed by atoms with Gasteiger partial charge in [-0.2, -0.15) is 0 Å². The molecule has 2 nitrogen and oxygen atoms in total. The van der Waals surface area contributed by atoms with Gasteiger partial charge in [-0.25, -0.2) is 4.31 Å². The lowest BCUT2D eigenvalue weighted by Crippen LogP contribution is -2.35. The topological polar surface area (TPSA) is 12.5 Å². The Bertz CT molecular complexity index is 70.8. The minimum absolute atomic E-state index is 0.362. The van der Waals surface area contributed by atoms with E-state index in [1.165, 1.54) is 0 Å². The number of ether oxygens (including phenoxy) is 1. The fourth-order valence-electron chi connectivity index (χ4n) is 0.800. The SMILES string of the molecule is CC1CN(S)CCO1. The Hall–Kier alpha value is 0.270. The van der Waals surface area contributed by atoms with Gasteiger partial charge in [0.25, 0.3) is 0 Å². The summed E-state index contributed by atoms with van der Waals surface area (Å²) < 4.78 is 7.24. The van der Waals surface area contributed by atoms with Gasteiger partial charge in [0.1, 0.15) is 0 Å². The van der Waals surface area contributed by atoms with E-state index in [0.29, 0.717) is 6.10 Å². The van der Waals surface area contributed by atoms with Crippen LogP contribution in [0.4, 0.5) is 0 Å². The van der Waals surface area contributed by atoms with Crippen LogP contribution in [0.2, 0.25) is 0 Å². The molecule has 0 aromatic rings. The van der Waals surface area contributed by atoms with E-state index in [4.69, 9.17) is 4.74 Å². The molecular formula is C5H11NOS. The Kier molecular flexibility index (Phi) is 2.16. The first-order chi connectivity index (χ1) is 3.79. The van der Waals surface area contributed by atoms with Crippen molar-refractivity contribution < 1.29 is 4.74 Å². The van der Waals surface area contributed by atoms with E-state index in [2.05, 4.69) is 19.7 Å². The minimum atomic E-state index is 0.362. The van der Waals surface area contributed by atoms with Gasteiger partial charge in [0.2, 0.25) is 0 Å². The van der Waals surface area contributed by atoms with E-state index in [1.54, 1.807) is 0 Å². The number of morpholine rings is 1. The van der Waals surface area contributed by atoms with Crippen molar-refractivity contribution in [3.05, 3.63) is 0 Å². The average Bonchev–Trinajstić information content (AvgIpc) is 1.64. The summed E-state index contributed by atoms with van der Waals surface area (Å²) in [5, 5.41) is 0. The summed E-state index contributed by atoms with van der Waals surface area (Å²) in [4.78, 5) is 0. The van der Waals surface area contributed by atoms with E-state index in [0.717, 1.165) is 19.7 Å². The van der Waals surface area contributed by atoms with Crippen molar-refractivity contribution in [1.29, 1.82) is 0 Å². The van der Waals surface area contributed by atoms with Crippen molar-refractivity contribution in [2.24, 2.45) is 0 Å². The zero-order valence-electron chi connectivity index (χ0n) is 5.00. The van der Waals surface area contributed by atoms with E-state index in [9.17, 15) is 0 Å². The van der Waals surface area contributed by atoms with Crippen molar-refractivity contribution in [3.63, 3.8) is 0 Å². The minimum Gasteiger partial charge on any atom is -0.376 e. The van der Waals surface area contributed by atoms with E-state index < -0.39 is 0 Å². The summed E-state index contributed by atoms with van der Waals surface area (Å²) in [7, 11) is 0.